The molecule has 4 heavy (non-hydrogen) atoms. The second kappa shape index (κ2) is 16.6. The third-order valence-electron chi connectivity index (χ3n) is 0. The first-order chi connectivity index (χ1) is 1.41. The summed E-state index contributed by atoms with van der Waals surface area (Å²) >= 11 is 0. The fourth-order valence-corrected chi connectivity index (χ4v) is 0. The number of hydrogen-bond donors (Lipinski definition) is 0. The predicted octanol–water partition coefficient (Wildman–Crippen LogP) is 0.339. The van der Waals surface area contributed by atoms with E-state index in [1.54, 1.807) is 0 Å². The summed E-state index contributed by atoms with van der Waals surface area (Å²) in [5.74, 6) is 0. The van der Waals surface area contributed by atoms with E-state index >= 15 is 0 Å². The van der Waals surface area contributed by atoms with Crippen molar-refractivity contribution >= 4 is 19.1 Å². The summed E-state index contributed by atoms with van der Waals surface area (Å²) in [6.45, 7) is 2.67. The lowest BCUT2D eigenvalue weighted by Crippen LogP contribution is -1.21. The van der Waals surface area contributed by atoms with Gasteiger partial charge in [0, 0.05) is 0 Å². The van der Waals surface area contributed by atoms with Crippen LogP contribution in [-0.2, 0) is 0 Å². The lowest BCUT2D eigenvalue weighted by molar-refractivity contribution is 0.0110. The molecule has 0 aliphatic heterocycles. The van der Waals surface area contributed by atoms with Crippen LogP contribution in [0.3, 0.4) is 0 Å². The Labute approximate surface area is 30.5 Å². The fourth-order valence-electron chi connectivity index (χ4n) is 0. The zero-order valence-electron chi connectivity index (χ0n) is 2.01. The van der Waals surface area contributed by atoms with Crippen molar-refractivity contribution in [3.8, 4) is 0 Å². The van der Waals surface area contributed by atoms with Gasteiger partial charge in [0.15, 0.2) is 0 Å². The number of halogens is 1. The van der Waals surface area contributed by atoms with E-state index in [4.69, 9.17) is 5.53 Å². The highest BCUT2D eigenvalue weighted by atomic mass is 35.5. The van der Waals surface area contributed by atoms with Crippen LogP contribution >= 0.6 is 12.4 Å². The van der Waals surface area contributed by atoms with Crippen molar-refractivity contribution in [1.29, 1.82) is 0 Å². The van der Waals surface area contributed by atoms with Gasteiger partial charge in [-0.1, -0.05) is 0 Å². The first-order valence-electron chi connectivity index (χ1n) is 0.516. The Morgan fingerprint density at radius 3 is 1.75 bits per heavy atom. The van der Waals surface area contributed by atoms with Gasteiger partial charge in [-0.15, -0.1) is 12.4 Å². The zero-order valence-corrected chi connectivity index (χ0v) is 2.83. The maximum absolute atomic E-state index is 7.08. The molecule has 2 nitrogen and oxygen atoms in total. The second-order valence-corrected chi connectivity index (χ2v) is 0.141. The van der Waals surface area contributed by atoms with E-state index in [-0.39, 0.29) is 12.4 Å². The largest absolute Gasteiger partial charge is 0.362 e. The molecule has 0 radical (unpaired) electrons. The topological polar surface area (TPSA) is 36.4 Å². The molecule has 0 aliphatic carbocycles. The average Bonchev–Trinajstić information content (AvgIpc) is 0.918. The van der Waals surface area contributed by atoms with Crippen LogP contribution in [0.2, 0.25) is 0 Å². The minimum Gasteiger partial charge on any atom is -0.362 e. The van der Waals surface area contributed by atoms with Crippen LogP contribution in [0.25, 0.3) is 5.53 Å². The summed E-state index contributed by atoms with van der Waals surface area (Å²) in [7, 11) is 0. The highest BCUT2D eigenvalue weighted by Crippen LogP contribution is 0.902. The standard InChI is InChI=1S/CH2N2.ClH/c1-3-2;/h1H2;1H. The van der Waals surface area contributed by atoms with Crippen molar-refractivity contribution < 1.29 is 4.79 Å². The molecular weight excluding hydrogens is 75.5 g/mol. The lowest BCUT2D eigenvalue weighted by Gasteiger charge is -1.16. The molecule has 0 amide bonds. The van der Waals surface area contributed by atoms with Crippen LogP contribution in [0.15, 0.2) is 0 Å². The van der Waals surface area contributed by atoms with Gasteiger partial charge in [0.25, 0.3) is 0 Å². The van der Waals surface area contributed by atoms with E-state index in [9.17, 15) is 0 Å². The van der Waals surface area contributed by atoms with E-state index < -0.39 is 0 Å². The van der Waals surface area contributed by atoms with Gasteiger partial charge in [-0.05, 0) is 0 Å². The van der Waals surface area contributed by atoms with E-state index in [1.165, 1.54) is 0 Å². The van der Waals surface area contributed by atoms with Crippen molar-refractivity contribution in [2.45, 2.75) is 0 Å². The Kier molecular flexibility index (Phi) is 38.9. The molecule has 0 saturated carbocycles. The summed E-state index contributed by atoms with van der Waals surface area (Å²) in [6, 6.07) is 0. The van der Waals surface area contributed by atoms with Crippen LogP contribution in [0.4, 0.5) is 0 Å². The third-order valence-corrected chi connectivity index (χ3v) is 0. The molecule has 0 heterocycles. The summed E-state index contributed by atoms with van der Waals surface area (Å²) < 4.78 is 0. The van der Waals surface area contributed by atoms with Crippen LogP contribution in [0.1, 0.15) is 0 Å². The quantitative estimate of drug-likeness (QED) is 0.228. The van der Waals surface area contributed by atoms with Gasteiger partial charge in [0.1, 0.15) is 0 Å². The van der Waals surface area contributed by atoms with E-state index in [2.05, 4.69) is 11.5 Å². The van der Waals surface area contributed by atoms with Crippen LogP contribution < -0.4 is 0 Å². The number of hydrogen-bond acceptors (Lipinski definition) is 0. The van der Waals surface area contributed by atoms with Gasteiger partial charge in [-0.25, -0.2) is 0 Å². The molecule has 0 atom stereocenters. The Morgan fingerprint density at radius 1 is 1.75 bits per heavy atom. The van der Waals surface area contributed by atoms with Crippen LogP contribution in [0.5, 0.6) is 0 Å². The molecule has 3 heteroatoms. The molecular formula is CH3ClN2. The van der Waals surface area contributed by atoms with E-state index in [0.717, 1.165) is 0 Å². The van der Waals surface area contributed by atoms with Gasteiger partial charge >= 0.3 is 0 Å². The Hall–Kier alpha value is -0.330. The van der Waals surface area contributed by atoms with Crippen molar-refractivity contribution in [2.75, 3.05) is 0 Å². The van der Waals surface area contributed by atoms with Gasteiger partial charge in [-0.3, -0.25) is 0 Å². The van der Waals surface area contributed by atoms with Crippen molar-refractivity contribution in [1.82, 2.24) is 0 Å². The number of rotatable bonds is 0. The smallest absolute Gasteiger partial charge is 0.245 e. The van der Waals surface area contributed by atoms with Gasteiger partial charge in [0.05, 0.1) is 0 Å². The maximum Gasteiger partial charge on any atom is 0.245 e. The van der Waals surface area contributed by atoms with Gasteiger partial charge in [-0.2, -0.15) is 4.79 Å². The minimum absolute atomic E-state index is 0. The minimum atomic E-state index is 0. The number of nitrogens with zero attached hydrogens (tertiary/aromatic N) is 2. The normalized spacial score (nSPS) is 2.00. The first kappa shape index (κ1) is 9.38. The Balaban J connectivity index is 0. The summed E-state index contributed by atoms with van der Waals surface area (Å²) in [5.41, 5.74) is 7.08. The second-order valence-electron chi connectivity index (χ2n) is 0.141. The molecule has 0 aromatic rings. The molecule has 0 bridgehead atoms. The zero-order chi connectivity index (χ0) is 2.71. The van der Waals surface area contributed by atoms with Gasteiger partial charge < -0.3 is 5.53 Å². The summed E-state index contributed by atoms with van der Waals surface area (Å²) in [5, 5.41) is 0. The molecule has 0 saturated heterocycles. The molecule has 0 N–H and O–H groups in total. The summed E-state index contributed by atoms with van der Waals surface area (Å²) in [6.07, 6.45) is 0. The average molecular weight is 78.5 g/mol. The van der Waals surface area contributed by atoms with Gasteiger partial charge in [0.2, 0.25) is 6.72 Å². The summed E-state index contributed by atoms with van der Waals surface area (Å²) in [4.78, 5) is 2.25. The molecule has 24 valence electrons. The van der Waals surface area contributed by atoms with E-state index in [1.807, 2.05) is 0 Å². The first-order valence-corrected chi connectivity index (χ1v) is 0.516. The van der Waals surface area contributed by atoms with Crippen LogP contribution in [0, 0.1) is 0 Å². The molecule has 0 rings (SSSR count). The monoisotopic (exact) mass is 78.0 g/mol. The maximum atomic E-state index is 7.08. The SMILES string of the molecule is C=[N+]=[N-].Cl. The predicted molar refractivity (Wildman–Crippen MR) is 18.0 cm³/mol. The Bertz CT molecular complexity index is 27.0. The molecule has 0 fully saturated rings. The third kappa shape index (κ3) is 6.88. The molecule has 0 aliphatic rings. The highest BCUT2D eigenvalue weighted by molar-refractivity contribution is 5.85. The lowest BCUT2D eigenvalue weighted by atomic mass is 11.8. The van der Waals surface area contributed by atoms with Crippen molar-refractivity contribution in [3.63, 3.8) is 0 Å². The van der Waals surface area contributed by atoms with E-state index in [0.29, 0.717) is 0 Å². The molecule has 0 spiro atoms. The van der Waals surface area contributed by atoms with Crippen molar-refractivity contribution in [3.05, 3.63) is 5.53 Å². The molecule has 0 aromatic heterocycles. The Morgan fingerprint density at radius 2 is 1.75 bits per heavy atom. The fraction of sp³-hybridized carbons (Fsp3) is 0. The molecule has 0 unspecified atom stereocenters. The van der Waals surface area contributed by atoms with Crippen LogP contribution in [-0.4, -0.2) is 11.5 Å². The van der Waals surface area contributed by atoms with Crippen molar-refractivity contribution in [2.24, 2.45) is 0 Å². The highest BCUT2D eigenvalue weighted by Gasteiger charge is 0.932. The molecule has 0 aromatic carbocycles.